The molecule has 2 heterocycles. The van der Waals surface area contributed by atoms with Crippen LogP contribution in [0.4, 0.5) is 4.79 Å². The molecule has 142 valence electrons. The standard InChI is InChI=1S/C22H22N4O2/c27-22(25-26-14-8-3-9-15-26)28-19-16-23-20(17-10-4-1-5-11-17)21(24-19)18-12-6-2-7-13-18/h1-2,4-7,10-13,16H,3,8-9,14-15H2,(H,25,27). The van der Waals surface area contributed by atoms with Gasteiger partial charge in [-0.25, -0.2) is 19.8 Å². The summed E-state index contributed by atoms with van der Waals surface area (Å²) in [6, 6.07) is 19.6. The van der Waals surface area contributed by atoms with E-state index in [2.05, 4.69) is 15.4 Å². The maximum Gasteiger partial charge on any atom is 0.428 e. The van der Waals surface area contributed by atoms with Crippen LogP contribution in [0, 0.1) is 0 Å². The molecule has 2 aromatic carbocycles. The van der Waals surface area contributed by atoms with E-state index in [9.17, 15) is 4.79 Å². The van der Waals surface area contributed by atoms with Gasteiger partial charge < -0.3 is 4.74 Å². The maximum absolute atomic E-state index is 12.2. The van der Waals surface area contributed by atoms with Crippen LogP contribution in [0.2, 0.25) is 0 Å². The number of hydrogen-bond donors (Lipinski definition) is 1. The Bertz CT molecular complexity index is 926. The summed E-state index contributed by atoms with van der Waals surface area (Å²) in [5, 5.41) is 1.88. The monoisotopic (exact) mass is 374 g/mol. The van der Waals surface area contributed by atoms with Crippen LogP contribution in [0.5, 0.6) is 5.88 Å². The van der Waals surface area contributed by atoms with E-state index in [1.54, 1.807) is 0 Å². The van der Waals surface area contributed by atoms with Gasteiger partial charge in [-0.2, -0.15) is 0 Å². The molecular weight excluding hydrogens is 352 g/mol. The van der Waals surface area contributed by atoms with Crippen LogP contribution in [-0.2, 0) is 0 Å². The summed E-state index contributed by atoms with van der Waals surface area (Å²) in [7, 11) is 0. The van der Waals surface area contributed by atoms with E-state index in [1.165, 1.54) is 12.6 Å². The van der Waals surface area contributed by atoms with Crippen LogP contribution < -0.4 is 10.2 Å². The summed E-state index contributed by atoms with van der Waals surface area (Å²) >= 11 is 0. The lowest BCUT2D eigenvalue weighted by Gasteiger charge is -2.26. The Hall–Kier alpha value is -3.25. The minimum Gasteiger partial charge on any atom is -0.389 e. The van der Waals surface area contributed by atoms with Crippen molar-refractivity contribution in [1.29, 1.82) is 0 Å². The summed E-state index contributed by atoms with van der Waals surface area (Å²) in [6.45, 7) is 1.67. The molecule has 0 aliphatic carbocycles. The number of nitrogens with zero attached hydrogens (tertiary/aromatic N) is 3. The van der Waals surface area contributed by atoms with E-state index >= 15 is 0 Å². The van der Waals surface area contributed by atoms with Crippen molar-refractivity contribution >= 4 is 6.09 Å². The number of benzene rings is 2. The van der Waals surface area contributed by atoms with Gasteiger partial charge >= 0.3 is 6.09 Å². The second-order valence-corrected chi connectivity index (χ2v) is 6.69. The van der Waals surface area contributed by atoms with Crippen LogP contribution in [0.3, 0.4) is 0 Å². The van der Waals surface area contributed by atoms with Crippen LogP contribution in [-0.4, -0.2) is 34.2 Å². The quantitative estimate of drug-likeness (QED) is 0.737. The molecule has 1 aromatic heterocycles. The summed E-state index contributed by atoms with van der Waals surface area (Å²) in [6.07, 6.45) is 4.29. The number of carbonyl (C=O) groups is 1. The first-order chi connectivity index (χ1) is 13.8. The second-order valence-electron chi connectivity index (χ2n) is 6.69. The van der Waals surface area contributed by atoms with E-state index in [-0.39, 0.29) is 5.88 Å². The molecule has 0 spiro atoms. The van der Waals surface area contributed by atoms with E-state index in [0.29, 0.717) is 5.69 Å². The maximum atomic E-state index is 12.2. The van der Waals surface area contributed by atoms with Gasteiger partial charge in [0.2, 0.25) is 5.88 Å². The van der Waals surface area contributed by atoms with Crippen molar-refractivity contribution < 1.29 is 9.53 Å². The van der Waals surface area contributed by atoms with Gasteiger partial charge in [-0.1, -0.05) is 67.1 Å². The van der Waals surface area contributed by atoms with Crippen molar-refractivity contribution in [2.24, 2.45) is 0 Å². The van der Waals surface area contributed by atoms with Crippen LogP contribution in [0.15, 0.2) is 66.9 Å². The molecule has 1 saturated heterocycles. The molecule has 28 heavy (non-hydrogen) atoms. The molecule has 0 atom stereocenters. The van der Waals surface area contributed by atoms with E-state index < -0.39 is 6.09 Å². The average molecular weight is 374 g/mol. The highest BCUT2D eigenvalue weighted by atomic mass is 16.6. The average Bonchev–Trinajstić information content (AvgIpc) is 2.75. The topological polar surface area (TPSA) is 67.4 Å². The van der Waals surface area contributed by atoms with Gasteiger partial charge in [0.25, 0.3) is 0 Å². The minimum absolute atomic E-state index is 0.174. The Balaban J connectivity index is 1.60. The van der Waals surface area contributed by atoms with Crippen molar-refractivity contribution in [2.75, 3.05) is 13.1 Å². The number of amides is 1. The van der Waals surface area contributed by atoms with Crippen molar-refractivity contribution in [2.45, 2.75) is 19.3 Å². The number of hydrogen-bond acceptors (Lipinski definition) is 5. The molecule has 1 aliphatic rings. The predicted molar refractivity (Wildman–Crippen MR) is 107 cm³/mol. The smallest absolute Gasteiger partial charge is 0.389 e. The number of piperidine rings is 1. The summed E-state index contributed by atoms with van der Waals surface area (Å²) < 4.78 is 5.40. The largest absolute Gasteiger partial charge is 0.428 e. The summed E-state index contributed by atoms with van der Waals surface area (Å²) in [4.78, 5) is 21.4. The zero-order valence-corrected chi connectivity index (χ0v) is 15.5. The van der Waals surface area contributed by atoms with E-state index in [4.69, 9.17) is 4.74 Å². The first-order valence-corrected chi connectivity index (χ1v) is 9.51. The highest BCUT2D eigenvalue weighted by molar-refractivity contribution is 5.78. The highest BCUT2D eigenvalue weighted by Gasteiger charge is 2.17. The molecule has 0 radical (unpaired) electrons. The van der Waals surface area contributed by atoms with Crippen molar-refractivity contribution in [1.82, 2.24) is 20.4 Å². The van der Waals surface area contributed by atoms with Crippen LogP contribution in [0.1, 0.15) is 19.3 Å². The third-order valence-electron chi connectivity index (χ3n) is 4.65. The van der Waals surface area contributed by atoms with Gasteiger partial charge in [0, 0.05) is 24.2 Å². The lowest BCUT2D eigenvalue weighted by atomic mass is 10.0. The van der Waals surface area contributed by atoms with Gasteiger partial charge in [0.1, 0.15) is 5.69 Å². The molecule has 0 unspecified atom stereocenters. The van der Waals surface area contributed by atoms with Gasteiger partial charge in [0.05, 0.1) is 11.9 Å². The number of hydrazine groups is 1. The zero-order valence-electron chi connectivity index (χ0n) is 15.5. The molecule has 4 rings (SSSR count). The Morgan fingerprint density at radius 1 is 0.857 bits per heavy atom. The molecule has 6 nitrogen and oxygen atoms in total. The summed E-state index contributed by atoms with van der Waals surface area (Å²) in [5.74, 6) is 0.174. The fourth-order valence-electron chi connectivity index (χ4n) is 3.28. The fraction of sp³-hybridized carbons (Fsp3) is 0.227. The Morgan fingerprint density at radius 3 is 2.11 bits per heavy atom. The number of nitrogens with one attached hydrogen (secondary N) is 1. The number of carbonyl (C=O) groups excluding carboxylic acids is 1. The SMILES string of the molecule is O=C(NN1CCCCC1)Oc1cnc(-c2ccccc2)c(-c2ccccc2)n1. The fourth-order valence-corrected chi connectivity index (χ4v) is 3.28. The molecule has 1 fully saturated rings. The number of ether oxygens (including phenoxy) is 1. The number of aromatic nitrogens is 2. The lowest BCUT2D eigenvalue weighted by molar-refractivity contribution is 0.128. The molecular formula is C22H22N4O2. The minimum atomic E-state index is -0.539. The molecule has 1 N–H and O–H groups in total. The predicted octanol–water partition coefficient (Wildman–Crippen LogP) is 4.30. The van der Waals surface area contributed by atoms with Gasteiger partial charge in [-0.05, 0) is 12.8 Å². The molecule has 1 aliphatic heterocycles. The molecule has 1 amide bonds. The van der Waals surface area contributed by atoms with Crippen LogP contribution >= 0.6 is 0 Å². The third-order valence-corrected chi connectivity index (χ3v) is 4.65. The third kappa shape index (κ3) is 4.35. The Morgan fingerprint density at radius 2 is 1.46 bits per heavy atom. The van der Waals surface area contributed by atoms with Crippen molar-refractivity contribution in [3.63, 3.8) is 0 Å². The van der Waals surface area contributed by atoms with E-state index in [0.717, 1.165) is 42.8 Å². The van der Waals surface area contributed by atoms with Crippen molar-refractivity contribution in [3.8, 4) is 28.4 Å². The van der Waals surface area contributed by atoms with Crippen molar-refractivity contribution in [3.05, 3.63) is 66.9 Å². The second kappa shape index (κ2) is 8.63. The zero-order chi connectivity index (χ0) is 19.2. The van der Waals surface area contributed by atoms with Gasteiger partial charge in [-0.15, -0.1) is 0 Å². The lowest BCUT2D eigenvalue weighted by Crippen LogP contribution is -2.46. The molecule has 3 aromatic rings. The van der Waals surface area contributed by atoms with E-state index in [1.807, 2.05) is 65.7 Å². The Kier molecular flexibility index (Phi) is 5.58. The first kappa shape index (κ1) is 18.1. The molecule has 0 saturated carbocycles. The summed E-state index contributed by atoms with van der Waals surface area (Å²) in [5.41, 5.74) is 6.07. The highest BCUT2D eigenvalue weighted by Crippen LogP contribution is 2.30. The molecule has 0 bridgehead atoms. The normalized spacial score (nSPS) is 14.4. The van der Waals surface area contributed by atoms with Gasteiger partial charge in [0.15, 0.2) is 0 Å². The Labute approximate surface area is 164 Å². The molecule has 6 heteroatoms. The number of rotatable bonds is 4. The first-order valence-electron chi connectivity index (χ1n) is 9.51. The van der Waals surface area contributed by atoms with Crippen LogP contribution in [0.25, 0.3) is 22.5 Å². The van der Waals surface area contributed by atoms with Gasteiger partial charge in [-0.3, -0.25) is 5.43 Å².